The van der Waals surface area contributed by atoms with Gasteiger partial charge in [-0.2, -0.15) is 0 Å². The number of rotatable bonds is 8. The zero-order chi connectivity index (χ0) is 23.0. The van der Waals surface area contributed by atoms with Crippen LogP contribution in [-0.2, 0) is 14.3 Å². The van der Waals surface area contributed by atoms with Gasteiger partial charge in [-0.15, -0.1) is 13.2 Å². The lowest BCUT2D eigenvalue weighted by atomic mass is 10.1. The predicted octanol–water partition coefficient (Wildman–Crippen LogP) is 4.19. The third-order valence-electron chi connectivity index (χ3n) is 3.85. The lowest BCUT2D eigenvalue weighted by Crippen LogP contribution is -2.29. The van der Waals surface area contributed by atoms with E-state index in [0.29, 0.717) is 17.1 Å². The number of alkyl halides is 3. The zero-order valence-electron chi connectivity index (χ0n) is 16.9. The van der Waals surface area contributed by atoms with E-state index in [1.807, 2.05) is 0 Å². The summed E-state index contributed by atoms with van der Waals surface area (Å²) in [4.78, 5) is 24.2. The molecule has 0 radical (unpaired) electrons. The number of hydrogen-bond donors (Lipinski definition) is 1. The van der Waals surface area contributed by atoms with Gasteiger partial charge in [0.05, 0.1) is 14.2 Å². The molecule has 1 N–H and O–H groups in total. The molecule has 0 spiro atoms. The summed E-state index contributed by atoms with van der Waals surface area (Å²) in [6, 6.07) is 9.57. The van der Waals surface area contributed by atoms with Gasteiger partial charge in [0.15, 0.2) is 6.10 Å². The van der Waals surface area contributed by atoms with E-state index in [1.165, 1.54) is 39.4 Å². The van der Waals surface area contributed by atoms with Crippen molar-refractivity contribution in [3.63, 3.8) is 0 Å². The summed E-state index contributed by atoms with van der Waals surface area (Å²) in [5.74, 6) is -0.795. The molecule has 1 atom stereocenters. The first-order valence-electron chi connectivity index (χ1n) is 8.88. The Morgan fingerprint density at radius 3 is 2.23 bits per heavy atom. The average Bonchev–Trinajstić information content (AvgIpc) is 2.72. The molecule has 0 unspecified atom stereocenters. The highest BCUT2D eigenvalue weighted by Gasteiger charge is 2.31. The molecular formula is C21H20F3NO6. The molecule has 7 nitrogen and oxygen atoms in total. The van der Waals surface area contributed by atoms with E-state index in [0.717, 1.165) is 18.2 Å². The smallest absolute Gasteiger partial charge is 0.497 e. The van der Waals surface area contributed by atoms with E-state index in [9.17, 15) is 22.8 Å². The molecule has 2 aromatic carbocycles. The third kappa shape index (κ3) is 7.57. The summed E-state index contributed by atoms with van der Waals surface area (Å²) < 4.78 is 55.6. The van der Waals surface area contributed by atoms with Crippen LogP contribution in [0.1, 0.15) is 12.5 Å². The Hall–Kier alpha value is -3.69. The molecule has 166 valence electrons. The summed E-state index contributed by atoms with van der Waals surface area (Å²) in [7, 11) is 2.98. The number of benzene rings is 2. The van der Waals surface area contributed by atoms with Gasteiger partial charge in [-0.25, -0.2) is 4.79 Å². The van der Waals surface area contributed by atoms with Crippen LogP contribution in [0.2, 0.25) is 0 Å². The standard InChI is InChI=1S/C21H20F3NO6/c1-13(20(27)25-15-5-7-16(8-6-15)31-21(22,23)24)30-19(26)11-4-14-12-17(28-2)9-10-18(14)29-3/h4-13H,1-3H3,(H,25,27)/b11-4+/t13-/m1/s1. The molecule has 0 aliphatic heterocycles. The second kappa shape index (κ2) is 10.4. The molecule has 2 aromatic rings. The molecule has 31 heavy (non-hydrogen) atoms. The van der Waals surface area contributed by atoms with Crippen LogP contribution < -0.4 is 19.5 Å². The van der Waals surface area contributed by atoms with Crippen molar-refractivity contribution in [2.75, 3.05) is 19.5 Å². The predicted molar refractivity (Wildman–Crippen MR) is 106 cm³/mol. The summed E-state index contributed by atoms with van der Waals surface area (Å²) >= 11 is 0. The first kappa shape index (κ1) is 23.6. The van der Waals surface area contributed by atoms with Gasteiger partial charge in [-0.1, -0.05) is 0 Å². The minimum absolute atomic E-state index is 0.207. The summed E-state index contributed by atoms with van der Waals surface area (Å²) in [6.07, 6.45) is -3.39. The van der Waals surface area contributed by atoms with Crippen molar-refractivity contribution in [2.45, 2.75) is 19.4 Å². The van der Waals surface area contributed by atoms with Crippen molar-refractivity contribution in [2.24, 2.45) is 0 Å². The van der Waals surface area contributed by atoms with E-state index in [-0.39, 0.29) is 5.69 Å². The highest BCUT2D eigenvalue weighted by Crippen LogP contribution is 2.25. The Morgan fingerprint density at radius 2 is 1.65 bits per heavy atom. The highest BCUT2D eigenvalue weighted by atomic mass is 19.4. The number of anilines is 1. The number of carbonyl (C=O) groups excluding carboxylic acids is 2. The Bertz CT molecular complexity index is 941. The monoisotopic (exact) mass is 439 g/mol. The zero-order valence-corrected chi connectivity index (χ0v) is 16.9. The van der Waals surface area contributed by atoms with Crippen molar-refractivity contribution in [1.82, 2.24) is 0 Å². The number of esters is 1. The fourth-order valence-electron chi connectivity index (χ4n) is 2.38. The first-order chi connectivity index (χ1) is 14.6. The van der Waals surface area contributed by atoms with Crippen molar-refractivity contribution < 1.29 is 41.7 Å². The molecular weight excluding hydrogens is 419 g/mol. The van der Waals surface area contributed by atoms with Gasteiger partial charge in [0.2, 0.25) is 0 Å². The van der Waals surface area contributed by atoms with Crippen LogP contribution in [0.4, 0.5) is 18.9 Å². The fourth-order valence-corrected chi connectivity index (χ4v) is 2.38. The average molecular weight is 439 g/mol. The van der Waals surface area contributed by atoms with Crippen LogP contribution in [-0.4, -0.2) is 38.6 Å². The van der Waals surface area contributed by atoms with Gasteiger partial charge in [-0.05, 0) is 55.5 Å². The number of amides is 1. The van der Waals surface area contributed by atoms with Crippen molar-refractivity contribution in [3.8, 4) is 17.2 Å². The molecule has 2 rings (SSSR count). The Balaban J connectivity index is 1.94. The Labute approximate surface area is 176 Å². The van der Waals surface area contributed by atoms with Gasteiger partial charge in [0.1, 0.15) is 17.2 Å². The number of nitrogens with one attached hydrogen (secondary N) is 1. The lowest BCUT2D eigenvalue weighted by molar-refractivity contribution is -0.274. The molecule has 0 fully saturated rings. The largest absolute Gasteiger partial charge is 0.573 e. The van der Waals surface area contributed by atoms with E-state index in [2.05, 4.69) is 10.1 Å². The quantitative estimate of drug-likeness (QED) is 0.491. The molecule has 0 bridgehead atoms. The van der Waals surface area contributed by atoms with Crippen molar-refractivity contribution in [3.05, 3.63) is 54.1 Å². The number of carbonyl (C=O) groups is 2. The maximum atomic E-state index is 12.2. The van der Waals surface area contributed by atoms with Crippen LogP contribution in [0.15, 0.2) is 48.5 Å². The van der Waals surface area contributed by atoms with Crippen LogP contribution in [0, 0.1) is 0 Å². The number of halogens is 3. The van der Waals surface area contributed by atoms with Crippen molar-refractivity contribution in [1.29, 1.82) is 0 Å². The molecule has 0 aliphatic carbocycles. The van der Waals surface area contributed by atoms with E-state index < -0.39 is 30.1 Å². The maximum Gasteiger partial charge on any atom is 0.573 e. The number of ether oxygens (including phenoxy) is 4. The lowest BCUT2D eigenvalue weighted by Gasteiger charge is -2.13. The van der Waals surface area contributed by atoms with Crippen molar-refractivity contribution >= 4 is 23.6 Å². The van der Waals surface area contributed by atoms with Gasteiger partial charge < -0.3 is 24.3 Å². The third-order valence-corrected chi connectivity index (χ3v) is 3.85. The number of methoxy groups -OCH3 is 2. The SMILES string of the molecule is COc1ccc(OC)c(/C=C/C(=O)O[C@H](C)C(=O)Nc2ccc(OC(F)(F)F)cc2)c1. The molecule has 0 aromatic heterocycles. The van der Waals surface area contributed by atoms with Crippen LogP contribution in [0.25, 0.3) is 6.08 Å². The van der Waals surface area contributed by atoms with Gasteiger partial charge in [-0.3, -0.25) is 4.79 Å². The normalized spacial score (nSPS) is 12.2. The Morgan fingerprint density at radius 1 is 1.00 bits per heavy atom. The van der Waals surface area contributed by atoms with E-state index in [1.54, 1.807) is 18.2 Å². The molecule has 0 aliphatic rings. The van der Waals surface area contributed by atoms with Gasteiger partial charge in [0.25, 0.3) is 5.91 Å². The molecule has 0 saturated carbocycles. The first-order valence-corrected chi connectivity index (χ1v) is 8.88. The van der Waals surface area contributed by atoms with Gasteiger partial charge in [0, 0.05) is 17.3 Å². The topological polar surface area (TPSA) is 83.1 Å². The minimum atomic E-state index is -4.81. The van der Waals surface area contributed by atoms with E-state index >= 15 is 0 Å². The van der Waals surface area contributed by atoms with E-state index in [4.69, 9.17) is 14.2 Å². The second-order valence-electron chi connectivity index (χ2n) is 6.08. The van der Waals surface area contributed by atoms with Crippen LogP contribution in [0.5, 0.6) is 17.2 Å². The fraction of sp³-hybridized carbons (Fsp3) is 0.238. The summed E-state index contributed by atoms with van der Waals surface area (Å²) in [5.41, 5.74) is 0.774. The van der Waals surface area contributed by atoms with Gasteiger partial charge >= 0.3 is 12.3 Å². The summed E-state index contributed by atoms with van der Waals surface area (Å²) in [6.45, 7) is 1.36. The summed E-state index contributed by atoms with van der Waals surface area (Å²) in [5, 5.41) is 2.43. The molecule has 0 saturated heterocycles. The van der Waals surface area contributed by atoms with Crippen LogP contribution in [0.3, 0.4) is 0 Å². The Kier molecular flexibility index (Phi) is 7.89. The maximum absolute atomic E-state index is 12.2. The second-order valence-corrected chi connectivity index (χ2v) is 6.08. The van der Waals surface area contributed by atoms with Crippen LogP contribution >= 0.6 is 0 Å². The molecule has 10 heteroatoms. The number of hydrogen-bond acceptors (Lipinski definition) is 6. The molecule has 0 heterocycles. The highest BCUT2D eigenvalue weighted by molar-refractivity contribution is 5.96. The molecule has 1 amide bonds. The minimum Gasteiger partial charge on any atom is -0.497 e.